The van der Waals surface area contributed by atoms with Gasteiger partial charge in [0, 0.05) is 11.3 Å². The Bertz CT molecular complexity index is 847. The van der Waals surface area contributed by atoms with Gasteiger partial charge in [-0.2, -0.15) is 0 Å². The number of carbonyl (C=O) groups excluding carboxylic acids is 1. The van der Waals surface area contributed by atoms with Gasteiger partial charge in [0.1, 0.15) is 5.75 Å². The summed E-state index contributed by atoms with van der Waals surface area (Å²) in [5.41, 5.74) is 2.50. The summed E-state index contributed by atoms with van der Waals surface area (Å²) in [4.78, 5) is 12.2. The summed E-state index contributed by atoms with van der Waals surface area (Å²) in [7, 11) is -1.83. The zero-order valence-corrected chi connectivity index (χ0v) is 14.6. The maximum atomic E-state index is 12.2. The zero-order chi connectivity index (χ0) is 17.7. The van der Waals surface area contributed by atoms with E-state index in [-0.39, 0.29) is 12.3 Å². The van der Waals surface area contributed by atoms with Crippen molar-refractivity contribution in [2.24, 2.45) is 0 Å². The molecule has 128 valence electrons. The molecule has 2 rings (SSSR count). The second kappa shape index (κ2) is 7.35. The Labute approximate surface area is 141 Å². The summed E-state index contributed by atoms with van der Waals surface area (Å²) in [5, 5.41) is 2.77. The highest BCUT2D eigenvalue weighted by Crippen LogP contribution is 2.22. The maximum Gasteiger partial charge on any atom is 0.229 e. The van der Waals surface area contributed by atoms with Crippen molar-refractivity contribution in [3.05, 3.63) is 53.6 Å². The van der Waals surface area contributed by atoms with Crippen molar-refractivity contribution in [3.8, 4) is 5.75 Å². The molecule has 0 aliphatic heterocycles. The molecule has 6 nitrogen and oxygen atoms in total. The van der Waals surface area contributed by atoms with Gasteiger partial charge in [-0.3, -0.25) is 9.52 Å². The SMILES string of the molecule is COc1ccccc1CC(=O)Nc1ccc(C)c(NS(C)(=O)=O)c1. The first-order chi connectivity index (χ1) is 11.3. The van der Waals surface area contributed by atoms with Crippen LogP contribution in [-0.2, 0) is 21.2 Å². The molecule has 0 aromatic heterocycles. The highest BCUT2D eigenvalue weighted by Gasteiger charge is 2.10. The summed E-state index contributed by atoms with van der Waals surface area (Å²) in [6.07, 6.45) is 1.24. The van der Waals surface area contributed by atoms with Crippen molar-refractivity contribution in [2.75, 3.05) is 23.4 Å². The topological polar surface area (TPSA) is 84.5 Å². The molecule has 24 heavy (non-hydrogen) atoms. The van der Waals surface area contributed by atoms with E-state index in [1.165, 1.54) is 0 Å². The fourth-order valence-corrected chi connectivity index (χ4v) is 2.86. The van der Waals surface area contributed by atoms with Crippen LogP contribution in [0.5, 0.6) is 5.75 Å². The van der Waals surface area contributed by atoms with Crippen molar-refractivity contribution in [1.82, 2.24) is 0 Å². The van der Waals surface area contributed by atoms with Crippen LogP contribution in [0.3, 0.4) is 0 Å². The lowest BCUT2D eigenvalue weighted by atomic mass is 10.1. The summed E-state index contributed by atoms with van der Waals surface area (Å²) < 4.78 is 30.4. The van der Waals surface area contributed by atoms with Gasteiger partial charge in [0.25, 0.3) is 0 Å². The Morgan fingerprint density at radius 3 is 2.54 bits per heavy atom. The number of carbonyl (C=O) groups is 1. The fourth-order valence-electron chi connectivity index (χ4n) is 2.24. The molecule has 2 N–H and O–H groups in total. The normalized spacial score (nSPS) is 11.0. The minimum absolute atomic E-state index is 0.159. The number of methoxy groups -OCH3 is 1. The van der Waals surface area contributed by atoms with Crippen molar-refractivity contribution in [3.63, 3.8) is 0 Å². The van der Waals surface area contributed by atoms with Crippen molar-refractivity contribution >= 4 is 27.3 Å². The smallest absolute Gasteiger partial charge is 0.229 e. The molecular weight excluding hydrogens is 328 g/mol. The molecule has 0 aliphatic carbocycles. The minimum Gasteiger partial charge on any atom is -0.496 e. The van der Waals surface area contributed by atoms with Gasteiger partial charge in [0.05, 0.1) is 25.5 Å². The van der Waals surface area contributed by atoms with E-state index in [0.717, 1.165) is 17.4 Å². The van der Waals surface area contributed by atoms with E-state index in [0.29, 0.717) is 17.1 Å². The van der Waals surface area contributed by atoms with Gasteiger partial charge in [-0.05, 0) is 30.7 Å². The van der Waals surface area contributed by atoms with Crippen LogP contribution in [0.1, 0.15) is 11.1 Å². The number of nitrogens with one attached hydrogen (secondary N) is 2. The molecule has 0 unspecified atom stereocenters. The number of benzene rings is 2. The number of hydrogen-bond acceptors (Lipinski definition) is 4. The standard InChI is InChI=1S/C17H20N2O4S/c1-12-8-9-14(11-15(12)19-24(3,21)22)18-17(20)10-13-6-4-5-7-16(13)23-2/h4-9,11,19H,10H2,1-3H3,(H,18,20). The Kier molecular flexibility index (Phi) is 5.46. The molecule has 0 heterocycles. The summed E-state index contributed by atoms with van der Waals surface area (Å²) in [6.45, 7) is 1.79. The van der Waals surface area contributed by atoms with Crippen LogP contribution in [-0.4, -0.2) is 27.7 Å². The minimum atomic E-state index is -3.38. The van der Waals surface area contributed by atoms with Crippen LogP contribution in [0.15, 0.2) is 42.5 Å². The molecule has 0 atom stereocenters. The third-order valence-electron chi connectivity index (χ3n) is 3.36. The molecule has 0 saturated carbocycles. The zero-order valence-electron chi connectivity index (χ0n) is 13.8. The number of hydrogen-bond donors (Lipinski definition) is 2. The molecule has 0 spiro atoms. The third kappa shape index (κ3) is 4.99. The van der Waals surface area contributed by atoms with Crippen LogP contribution in [0.2, 0.25) is 0 Å². The molecule has 0 saturated heterocycles. The van der Waals surface area contributed by atoms with Crippen molar-refractivity contribution in [1.29, 1.82) is 0 Å². The van der Waals surface area contributed by atoms with Gasteiger partial charge in [0.2, 0.25) is 15.9 Å². The molecule has 1 amide bonds. The maximum absolute atomic E-state index is 12.2. The third-order valence-corrected chi connectivity index (χ3v) is 3.95. The Morgan fingerprint density at radius 2 is 1.88 bits per heavy atom. The van der Waals surface area contributed by atoms with Crippen LogP contribution in [0.25, 0.3) is 0 Å². The molecule has 2 aromatic rings. The number of aryl methyl sites for hydroxylation is 1. The van der Waals surface area contributed by atoms with E-state index >= 15 is 0 Å². The molecule has 0 fully saturated rings. The van der Waals surface area contributed by atoms with E-state index in [2.05, 4.69) is 10.0 Å². The lowest BCUT2D eigenvalue weighted by molar-refractivity contribution is -0.115. The quantitative estimate of drug-likeness (QED) is 0.840. The molecule has 2 aromatic carbocycles. The van der Waals surface area contributed by atoms with Gasteiger partial charge in [0.15, 0.2) is 0 Å². The first kappa shape index (κ1) is 17.8. The van der Waals surface area contributed by atoms with Crippen LogP contribution in [0.4, 0.5) is 11.4 Å². The van der Waals surface area contributed by atoms with E-state index in [9.17, 15) is 13.2 Å². The van der Waals surface area contributed by atoms with E-state index in [4.69, 9.17) is 4.74 Å². The number of ether oxygens (including phenoxy) is 1. The van der Waals surface area contributed by atoms with Crippen LogP contribution < -0.4 is 14.8 Å². The van der Waals surface area contributed by atoms with Gasteiger partial charge in [-0.25, -0.2) is 8.42 Å². The van der Waals surface area contributed by atoms with Crippen LogP contribution >= 0.6 is 0 Å². The Hall–Kier alpha value is -2.54. The van der Waals surface area contributed by atoms with Gasteiger partial charge in [-0.1, -0.05) is 24.3 Å². The molecule has 0 aliphatic rings. The van der Waals surface area contributed by atoms with Crippen molar-refractivity contribution < 1.29 is 17.9 Å². The lowest BCUT2D eigenvalue weighted by Crippen LogP contribution is -2.16. The number of sulfonamides is 1. The second-order valence-corrected chi connectivity index (χ2v) is 7.19. The number of anilines is 2. The second-order valence-electron chi connectivity index (χ2n) is 5.44. The molecular formula is C17H20N2O4S. The lowest BCUT2D eigenvalue weighted by Gasteiger charge is -2.12. The Morgan fingerprint density at radius 1 is 1.17 bits per heavy atom. The summed E-state index contributed by atoms with van der Waals surface area (Å²) >= 11 is 0. The molecule has 7 heteroatoms. The van der Waals surface area contributed by atoms with E-state index in [1.54, 1.807) is 38.3 Å². The number of amides is 1. The van der Waals surface area contributed by atoms with E-state index in [1.807, 2.05) is 18.2 Å². The molecule has 0 bridgehead atoms. The molecule has 0 radical (unpaired) electrons. The highest BCUT2D eigenvalue weighted by atomic mass is 32.2. The average molecular weight is 348 g/mol. The first-order valence-corrected chi connectivity index (χ1v) is 9.18. The van der Waals surface area contributed by atoms with Gasteiger partial charge in [-0.15, -0.1) is 0 Å². The average Bonchev–Trinajstić information content (AvgIpc) is 2.49. The van der Waals surface area contributed by atoms with E-state index < -0.39 is 10.0 Å². The fraction of sp³-hybridized carbons (Fsp3) is 0.235. The largest absolute Gasteiger partial charge is 0.496 e. The number of para-hydroxylation sites is 1. The monoisotopic (exact) mass is 348 g/mol. The van der Waals surface area contributed by atoms with Crippen LogP contribution in [0, 0.1) is 6.92 Å². The van der Waals surface area contributed by atoms with Gasteiger partial charge >= 0.3 is 0 Å². The summed E-state index contributed by atoms with van der Waals surface area (Å²) in [6, 6.07) is 12.4. The summed E-state index contributed by atoms with van der Waals surface area (Å²) in [5.74, 6) is 0.435. The highest BCUT2D eigenvalue weighted by molar-refractivity contribution is 7.92. The number of rotatable bonds is 6. The predicted octanol–water partition coefficient (Wildman–Crippen LogP) is 2.56. The Balaban J connectivity index is 2.13. The van der Waals surface area contributed by atoms with Gasteiger partial charge < -0.3 is 10.1 Å². The predicted molar refractivity (Wildman–Crippen MR) is 95.0 cm³/mol. The van der Waals surface area contributed by atoms with Crippen molar-refractivity contribution in [2.45, 2.75) is 13.3 Å². The first-order valence-electron chi connectivity index (χ1n) is 7.28.